The number of benzene rings is 2. The topological polar surface area (TPSA) is 78.5 Å². The average Bonchev–Trinajstić information content (AvgIpc) is 3.18. The highest BCUT2D eigenvalue weighted by molar-refractivity contribution is 7.89. The second-order valence-electron chi connectivity index (χ2n) is 6.86. The molecule has 0 bridgehead atoms. The van der Waals surface area contributed by atoms with Crippen LogP contribution in [-0.4, -0.2) is 38.3 Å². The molecular formula is C20H25N3O3S. The highest BCUT2D eigenvalue weighted by Gasteiger charge is 2.26. The van der Waals surface area contributed by atoms with Gasteiger partial charge in [0.05, 0.1) is 11.4 Å². The molecular weight excluding hydrogens is 362 g/mol. The predicted octanol–water partition coefficient (Wildman–Crippen LogP) is 3.14. The summed E-state index contributed by atoms with van der Waals surface area (Å²) in [6.45, 7) is 5.27. The van der Waals surface area contributed by atoms with Gasteiger partial charge >= 0.3 is 0 Å². The number of amides is 1. The first-order valence-electron chi connectivity index (χ1n) is 9.07. The third-order valence-corrected chi connectivity index (χ3v) is 6.59. The molecule has 0 unspecified atom stereocenters. The molecule has 0 spiro atoms. The molecule has 1 fully saturated rings. The summed E-state index contributed by atoms with van der Waals surface area (Å²) in [4.78, 5) is 12.4. The lowest BCUT2D eigenvalue weighted by molar-refractivity contribution is -0.114. The molecule has 0 aromatic heterocycles. The molecule has 2 aromatic carbocycles. The zero-order valence-electron chi connectivity index (χ0n) is 15.7. The van der Waals surface area contributed by atoms with E-state index in [1.165, 1.54) is 4.31 Å². The summed E-state index contributed by atoms with van der Waals surface area (Å²) in [5.74, 6) is -0.189. The second kappa shape index (κ2) is 8.10. The van der Waals surface area contributed by atoms with Gasteiger partial charge in [-0.05, 0) is 68.1 Å². The molecule has 2 N–H and O–H groups in total. The summed E-state index contributed by atoms with van der Waals surface area (Å²) in [7, 11) is -3.43. The van der Waals surface area contributed by atoms with Crippen molar-refractivity contribution >= 4 is 27.3 Å². The number of anilines is 2. The Morgan fingerprint density at radius 2 is 1.70 bits per heavy atom. The first kappa shape index (κ1) is 19.4. The first-order valence-corrected chi connectivity index (χ1v) is 10.5. The monoisotopic (exact) mass is 387 g/mol. The van der Waals surface area contributed by atoms with E-state index < -0.39 is 10.0 Å². The largest absolute Gasteiger partial charge is 0.376 e. The highest BCUT2D eigenvalue weighted by Crippen LogP contribution is 2.22. The number of nitrogens with zero attached hydrogens (tertiary/aromatic N) is 1. The lowest BCUT2D eigenvalue weighted by atomic mass is 10.1. The van der Waals surface area contributed by atoms with Gasteiger partial charge in [0.1, 0.15) is 0 Å². The molecule has 0 radical (unpaired) electrons. The lowest BCUT2D eigenvalue weighted by Crippen LogP contribution is -2.27. The molecule has 3 rings (SSSR count). The SMILES string of the molecule is Cc1ccc(C)c(NCC(=O)Nc2ccc(S(=O)(=O)N3CCCC3)cc2)c1. The molecule has 144 valence electrons. The third kappa shape index (κ3) is 4.67. The fraction of sp³-hybridized carbons (Fsp3) is 0.350. The standard InChI is InChI=1S/C20H25N3O3S/c1-15-5-6-16(2)19(13-15)21-14-20(24)22-17-7-9-18(10-8-17)27(25,26)23-11-3-4-12-23/h5-10,13,21H,3-4,11-12,14H2,1-2H3,(H,22,24). The van der Waals surface area contributed by atoms with Gasteiger partial charge in [-0.3, -0.25) is 4.79 Å². The molecule has 7 heteroatoms. The number of hydrogen-bond acceptors (Lipinski definition) is 4. The number of sulfonamides is 1. The van der Waals surface area contributed by atoms with Gasteiger partial charge in [0.25, 0.3) is 0 Å². The minimum Gasteiger partial charge on any atom is -0.376 e. The number of rotatable bonds is 6. The maximum Gasteiger partial charge on any atom is 0.243 e. The highest BCUT2D eigenvalue weighted by atomic mass is 32.2. The molecule has 0 aliphatic carbocycles. The van der Waals surface area contributed by atoms with Gasteiger partial charge < -0.3 is 10.6 Å². The van der Waals surface area contributed by atoms with Gasteiger partial charge in [-0.25, -0.2) is 8.42 Å². The maximum absolute atomic E-state index is 12.5. The summed E-state index contributed by atoms with van der Waals surface area (Å²) in [6.07, 6.45) is 1.81. The van der Waals surface area contributed by atoms with Crippen LogP contribution in [0.3, 0.4) is 0 Å². The van der Waals surface area contributed by atoms with E-state index in [4.69, 9.17) is 0 Å². The Labute approximate surface area is 160 Å². The molecule has 6 nitrogen and oxygen atoms in total. The number of hydrogen-bond donors (Lipinski definition) is 2. The van der Waals surface area contributed by atoms with E-state index in [0.29, 0.717) is 18.8 Å². The van der Waals surface area contributed by atoms with Crippen LogP contribution in [0.5, 0.6) is 0 Å². The fourth-order valence-electron chi connectivity index (χ4n) is 3.09. The van der Waals surface area contributed by atoms with E-state index in [-0.39, 0.29) is 17.3 Å². The van der Waals surface area contributed by atoms with Crippen molar-refractivity contribution in [1.82, 2.24) is 4.31 Å². The Morgan fingerprint density at radius 3 is 2.37 bits per heavy atom. The molecule has 2 aromatic rings. The van der Waals surface area contributed by atoms with E-state index in [1.54, 1.807) is 24.3 Å². The van der Waals surface area contributed by atoms with Crippen molar-refractivity contribution in [1.29, 1.82) is 0 Å². The van der Waals surface area contributed by atoms with Crippen molar-refractivity contribution in [2.45, 2.75) is 31.6 Å². The second-order valence-corrected chi connectivity index (χ2v) is 8.79. The molecule has 1 aliphatic rings. The van der Waals surface area contributed by atoms with Crippen LogP contribution in [0.4, 0.5) is 11.4 Å². The van der Waals surface area contributed by atoms with Gasteiger partial charge in [-0.1, -0.05) is 12.1 Å². The molecule has 0 atom stereocenters. The van der Waals surface area contributed by atoms with Crippen LogP contribution in [0.2, 0.25) is 0 Å². The molecule has 27 heavy (non-hydrogen) atoms. The number of carbonyl (C=O) groups is 1. The number of aryl methyl sites for hydroxylation is 2. The van der Waals surface area contributed by atoms with Crippen LogP contribution in [0.25, 0.3) is 0 Å². The summed E-state index contributed by atoms with van der Waals surface area (Å²) in [6, 6.07) is 12.4. The minimum atomic E-state index is -3.43. The first-order chi connectivity index (χ1) is 12.9. The number of carbonyl (C=O) groups excluding carboxylic acids is 1. The van der Waals surface area contributed by atoms with Crippen molar-refractivity contribution in [3.8, 4) is 0 Å². The predicted molar refractivity (Wildman–Crippen MR) is 107 cm³/mol. The Bertz CT molecular complexity index is 918. The zero-order chi connectivity index (χ0) is 19.4. The van der Waals surface area contributed by atoms with Crippen molar-refractivity contribution in [3.63, 3.8) is 0 Å². The van der Waals surface area contributed by atoms with Crippen molar-refractivity contribution < 1.29 is 13.2 Å². The summed E-state index contributed by atoms with van der Waals surface area (Å²) < 4.78 is 26.5. The summed E-state index contributed by atoms with van der Waals surface area (Å²) in [5, 5.41) is 5.92. The molecule has 1 saturated heterocycles. The van der Waals surface area contributed by atoms with E-state index in [1.807, 2.05) is 32.0 Å². The van der Waals surface area contributed by atoms with E-state index in [0.717, 1.165) is 29.7 Å². The van der Waals surface area contributed by atoms with Crippen molar-refractivity contribution in [2.24, 2.45) is 0 Å². The maximum atomic E-state index is 12.5. The van der Waals surface area contributed by atoms with Gasteiger partial charge in [0, 0.05) is 24.5 Å². The Hall–Kier alpha value is -2.38. The smallest absolute Gasteiger partial charge is 0.243 e. The molecule has 1 aliphatic heterocycles. The summed E-state index contributed by atoms with van der Waals surface area (Å²) in [5.41, 5.74) is 3.70. The van der Waals surface area contributed by atoms with Gasteiger partial charge in [-0.2, -0.15) is 4.31 Å². The molecule has 0 saturated carbocycles. The van der Waals surface area contributed by atoms with Gasteiger partial charge in [0.15, 0.2) is 0 Å². The zero-order valence-corrected chi connectivity index (χ0v) is 16.5. The summed E-state index contributed by atoms with van der Waals surface area (Å²) >= 11 is 0. The van der Waals surface area contributed by atoms with Crippen molar-refractivity contribution in [2.75, 3.05) is 30.3 Å². The van der Waals surface area contributed by atoms with Crippen LogP contribution in [0, 0.1) is 13.8 Å². The quantitative estimate of drug-likeness (QED) is 0.798. The fourth-order valence-corrected chi connectivity index (χ4v) is 4.61. The third-order valence-electron chi connectivity index (χ3n) is 4.67. The minimum absolute atomic E-state index is 0.137. The van der Waals surface area contributed by atoms with Gasteiger partial charge in [0.2, 0.25) is 15.9 Å². The van der Waals surface area contributed by atoms with Gasteiger partial charge in [-0.15, -0.1) is 0 Å². The lowest BCUT2D eigenvalue weighted by Gasteiger charge is -2.16. The molecule has 1 heterocycles. The van der Waals surface area contributed by atoms with E-state index >= 15 is 0 Å². The Kier molecular flexibility index (Phi) is 5.82. The van der Waals surface area contributed by atoms with Crippen LogP contribution in [0.1, 0.15) is 24.0 Å². The van der Waals surface area contributed by atoms with E-state index in [9.17, 15) is 13.2 Å². The average molecular weight is 388 g/mol. The van der Waals surface area contributed by atoms with Crippen molar-refractivity contribution in [3.05, 3.63) is 53.6 Å². The Morgan fingerprint density at radius 1 is 1.04 bits per heavy atom. The van der Waals surface area contributed by atoms with Crippen LogP contribution in [-0.2, 0) is 14.8 Å². The van der Waals surface area contributed by atoms with Crippen LogP contribution < -0.4 is 10.6 Å². The normalized spacial score (nSPS) is 14.9. The molecule has 1 amide bonds. The van der Waals surface area contributed by atoms with E-state index in [2.05, 4.69) is 10.6 Å². The number of nitrogens with one attached hydrogen (secondary N) is 2. The Balaban J connectivity index is 1.59. The van der Waals surface area contributed by atoms with Crippen LogP contribution >= 0.6 is 0 Å². The van der Waals surface area contributed by atoms with Crippen LogP contribution in [0.15, 0.2) is 47.4 Å².